The minimum atomic E-state index is -0.424. The lowest BCUT2D eigenvalue weighted by Gasteiger charge is -2.09. The maximum Gasteiger partial charge on any atom is 0.260 e. The number of aryl methyl sites for hydroxylation is 1. The standard InChI is InChI=1S/C20H15NO3S/c1-11-15(12-7-3-2-4-8-12)17-18(23)16(19(24)21-20(17)25-11)13-9-5-6-10-14(13)22/h2-10,22H,1H3,(H2,21,23,24). The number of aromatic nitrogens is 1. The number of aromatic hydroxyl groups is 2. The van der Waals surface area contributed by atoms with Crippen molar-refractivity contribution in [2.45, 2.75) is 6.92 Å². The number of pyridine rings is 1. The van der Waals surface area contributed by atoms with Crippen molar-refractivity contribution in [1.82, 2.24) is 4.98 Å². The minimum absolute atomic E-state index is 0.0455. The van der Waals surface area contributed by atoms with Crippen molar-refractivity contribution < 1.29 is 10.2 Å². The van der Waals surface area contributed by atoms with Crippen LogP contribution < -0.4 is 5.56 Å². The number of H-pyrrole nitrogens is 1. The summed E-state index contributed by atoms with van der Waals surface area (Å²) in [7, 11) is 0. The molecule has 2 aromatic carbocycles. The number of nitrogens with one attached hydrogen (secondary N) is 1. The highest BCUT2D eigenvalue weighted by Gasteiger charge is 2.22. The Bertz CT molecular complexity index is 1140. The van der Waals surface area contributed by atoms with Gasteiger partial charge in [-0.05, 0) is 18.6 Å². The van der Waals surface area contributed by atoms with Crippen LogP contribution in [0.3, 0.4) is 0 Å². The summed E-state index contributed by atoms with van der Waals surface area (Å²) in [6.45, 7) is 1.96. The Balaban J connectivity index is 2.12. The van der Waals surface area contributed by atoms with Crippen LogP contribution in [-0.2, 0) is 0 Å². The van der Waals surface area contributed by atoms with E-state index >= 15 is 0 Å². The summed E-state index contributed by atoms with van der Waals surface area (Å²) in [5.41, 5.74) is 1.84. The van der Waals surface area contributed by atoms with Gasteiger partial charge in [0.25, 0.3) is 5.56 Å². The van der Waals surface area contributed by atoms with Crippen molar-refractivity contribution in [3.63, 3.8) is 0 Å². The zero-order valence-electron chi connectivity index (χ0n) is 13.4. The fourth-order valence-electron chi connectivity index (χ4n) is 3.14. The van der Waals surface area contributed by atoms with Gasteiger partial charge >= 0.3 is 0 Å². The Hall–Kier alpha value is -3.05. The molecule has 0 aliphatic carbocycles. The molecule has 0 saturated heterocycles. The number of para-hydroxylation sites is 1. The average molecular weight is 349 g/mol. The van der Waals surface area contributed by atoms with Crippen LogP contribution in [0.2, 0.25) is 0 Å². The fourth-order valence-corrected chi connectivity index (χ4v) is 4.22. The summed E-state index contributed by atoms with van der Waals surface area (Å²) >= 11 is 1.43. The van der Waals surface area contributed by atoms with Crippen molar-refractivity contribution in [2.24, 2.45) is 0 Å². The molecule has 3 N–H and O–H groups in total. The Morgan fingerprint density at radius 1 is 0.920 bits per heavy atom. The first-order valence-corrected chi connectivity index (χ1v) is 8.61. The average Bonchev–Trinajstić information content (AvgIpc) is 2.93. The van der Waals surface area contributed by atoms with Crippen molar-refractivity contribution in [3.05, 3.63) is 69.8 Å². The zero-order valence-corrected chi connectivity index (χ0v) is 14.2. The number of fused-ring (bicyclic) bond motifs is 1. The van der Waals surface area contributed by atoms with Crippen LogP contribution in [0.25, 0.3) is 32.5 Å². The maximum absolute atomic E-state index is 12.5. The summed E-state index contributed by atoms with van der Waals surface area (Å²) in [5.74, 6) is -0.153. The van der Waals surface area contributed by atoms with Crippen LogP contribution in [0.1, 0.15) is 4.88 Å². The number of phenols is 1. The lowest BCUT2D eigenvalue weighted by molar-refractivity contribution is 0.471. The van der Waals surface area contributed by atoms with E-state index in [-0.39, 0.29) is 17.1 Å². The minimum Gasteiger partial charge on any atom is -0.507 e. The first-order valence-electron chi connectivity index (χ1n) is 7.80. The first-order chi connectivity index (χ1) is 12.1. The largest absolute Gasteiger partial charge is 0.507 e. The van der Waals surface area contributed by atoms with Crippen LogP contribution in [0, 0.1) is 6.92 Å². The van der Waals surface area contributed by atoms with E-state index in [1.165, 1.54) is 17.4 Å². The molecule has 124 valence electrons. The van der Waals surface area contributed by atoms with E-state index in [1.54, 1.807) is 18.2 Å². The second-order valence-electron chi connectivity index (χ2n) is 5.80. The van der Waals surface area contributed by atoms with Crippen molar-refractivity contribution in [3.8, 4) is 33.8 Å². The predicted octanol–water partition coefficient (Wildman–Crippen LogP) is 4.64. The molecule has 0 unspecified atom stereocenters. The van der Waals surface area contributed by atoms with Crippen molar-refractivity contribution in [1.29, 1.82) is 0 Å². The third-order valence-corrected chi connectivity index (χ3v) is 5.27. The van der Waals surface area contributed by atoms with Gasteiger partial charge < -0.3 is 15.2 Å². The highest BCUT2D eigenvalue weighted by Crippen LogP contribution is 2.45. The summed E-state index contributed by atoms with van der Waals surface area (Å²) in [6, 6.07) is 16.2. The quantitative estimate of drug-likeness (QED) is 0.493. The van der Waals surface area contributed by atoms with E-state index in [4.69, 9.17) is 0 Å². The normalized spacial score (nSPS) is 11.1. The van der Waals surface area contributed by atoms with Crippen molar-refractivity contribution >= 4 is 21.6 Å². The van der Waals surface area contributed by atoms with Gasteiger partial charge in [-0.1, -0.05) is 48.5 Å². The second kappa shape index (κ2) is 5.79. The number of thiophene rings is 1. The van der Waals surface area contributed by atoms with Gasteiger partial charge in [0.15, 0.2) is 0 Å². The second-order valence-corrected chi connectivity index (χ2v) is 7.02. The van der Waals surface area contributed by atoms with Crippen molar-refractivity contribution in [2.75, 3.05) is 0 Å². The molecule has 0 saturated carbocycles. The Morgan fingerprint density at radius 2 is 1.60 bits per heavy atom. The topological polar surface area (TPSA) is 73.3 Å². The third-order valence-electron chi connectivity index (χ3n) is 4.25. The molecular formula is C20H15NO3S. The third kappa shape index (κ3) is 2.40. The van der Waals surface area contributed by atoms with E-state index in [9.17, 15) is 15.0 Å². The lowest BCUT2D eigenvalue weighted by atomic mass is 9.99. The summed E-state index contributed by atoms with van der Waals surface area (Å²) < 4.78 is 0. The van der Waals surface area contributed by atoms with Gasteiger partial charge in [0.2, 0.25) is 0 Å². The van der Waals surface area contributed by atoms with E-state index in [0.717, 1.165) is 16.0 Å². The maximum atomic E-state index is 12.5. The van der Waals surface area contributed by atoms with E-state index in [1.807, 2.05) is 37.3 Å². The molecule has 0 amide bonds. The van der Waals surface area contributed by atoms with E-state index in [2.05, 4.69) is 4.98 Å². The van der Waals surface area contributed by atoms with Crippen LogP contribution in [0.5, 0.6) is 11.5 Å². The smallest absolute Gasteiger partial charge is 0.260 e. The van der Waals surface area contributed by atoms with Crippen LogP contribution >= 0.6 is 11.3 Å². The molecule has 4 rings (SSSR count). The highest BCUT2D eigenvalue weighted by atomic mass is 32.1. The summed E-state index contributed by atoms with van der Waals surface area (Å²) in [6.07, 6.45) is 0. The molecule has 0 spiro atoms. The molecule has 5 heteroatoms. The van der Waals surface area contributed by atoms with Crippen LogP contribution in [-0.4, -0.2) is 15.2 Å². The molecule has 0 radical (unpaired) electrons. The molecule has 0 fully saturated rings. The highest BCUT2D eigenvalue weighted by molar-refractivity contribution is 7.19. The number of hydrogen-bond acceptors (Lipinski definition) is 4. The Morgan fingerprint density at radius 3 is 2.32 bits per heavy atom. The summed E-state index contributed by atoms with van der Waals surface area (Å²) in [4.78, 5) is 17.0. The van der Waals surface area contributed by atoms with Gasteiger partial charge in [0, 0.05) is 16.0 Å². The van der Waals surface area contributed by atoms with Gasteiger partial charge in [0.05, 0.1) is 10.9 Å². The Labute approximate surface area is 147 Å². The van der Waals surface area contributed by atoms with Gasteiger partial charge in [-0.25, -0.2) is 0 Å². The van der Waals surface area contributed by atoms with E-state index < -0.39 is 5.56 Å². The molecule has 0 atom stereocenters. The molecule has 2 aromatic heterocycles. The van der Waals surface area contributed by atoms with Crippen LogP contribution in [0.15, 0.2) is 59.4 Å². The first kappa shape index (κ1) is 15.5. The van der Waals surface area contributed by atoms with Gasteiger partial charge in [-0.15, -0.1) is 11.3 Å². The molecular weight excluding hydrogens is 334 g/mol. The molecule has 0 aliphatic rings. The summed E-state index contributed by atoms with van der Waals surface area (Å²) in [5, 5.41) is 21.7. The molecule has 25 heavy (non-hydrogen) atoms. The molecule has 0 aliphatic heterocycles. The number of hydrogen-bond donors (Lipinski definition) is 3. The number of phenolic OH excluding ortho intramolecular Hbond substituents is 1. The fraction of sp³-hybridized carbons (Fsp3) is 0.0500. The van der Waals surface area contributed by atoms with E-state index in [0.29, 0.717) is 15.8 Å². The molecule has 2 heterocycles. The Kier molecular flexibility index (Phi) is 3.58. The number of aromatic amines is 1. The number of rotatable bonds is 2. The van der Waals surface area contributed by atoms with Gasteiger partial charge in [-0.3, -0.25) is 4.79 Å². The van der Waals surface area contributed by atoms with Gasteiger partial charge in [-0.2, -0.15) is 0 Å². The van der Waals surface area contributed by atoms with Gasteiger partial charge in [0.1, 0.15) is 16.3 Å². The number of benzene rings is 2. The zero-order chi connectivity index (χ0) is 17.6. The molecule has 4 aromatic rings. The predicted molar refractivity (Wildman–Crippen MR) is 101 cm³/mol. The lowest BCUT2D eigenvalue weighted by Crippen LogP contribution is -2.08. The monoisotopic (exact) mass is 349 g/mol. The SMILES string of the molecule is Cc1sc2[nH]c(=O)c(-c3ccccc3O)c(O)c2c1-c1ccccc1. The molecule has 0 bridgehead atoms. The molecule has 4 nitrogen and oxygen atoms in total. The van der Waals surface area contributed by atoms with Crippen LogP contribution in [0.4, 0.5) is 0 Å².